The number of hydrogen-bond donors (Lipinski definition) is 3. The number of imidazole rings is 2. The molecule has 2 aromatic carbocycles. The first-order chi connectivity index (χ1) is 31.4. The molecule has 348 valence electrons. The van der Waals surface area contributed by atoms with E-state index in [4.69, 9.17) is 28.9 Å². The van der Waals surface area contributed by atoms with Gasteiger partial charge in [0.25, 0.3) is 11.8 Å². The summed E-state index contributed by atoms with van der Waals surface area (Å²) in [5.41, 5.74) is 3.90. The summed E-state index contributed by atoms with van der Waals surface area (Å²) in [7, 11) is 0. The van der Waals surface area contributed by atoms with Crippen LogP contribution in [0.1, 0.15) is 86.7 Å². The average molecular weight is 924 g/mol. The van der Waals surface area contributed by atoms with Crippen molar-refractivity contribution in [3.8, 4) is 11.5 Å². The van der Waals surface area contributed by atoms with Gasteiger partial charge in [0.1, 0.15) is 47.1 Å². The summed E-state index contributed by atoms with van der Waals surface area (Å²) < 4.78 is 31.7. The molecule has 7 heterocycles. The number of carbonyl (C=O) groups is 4. The minimum absolute atomic E-state index is 0. The van der Waals surface area contributed by atoms with Gasteiger partial charge in [0, 0.05) is 38.3 Å². The van der Waals surface area contributed by atoms with Crippen molar-refractivity contribution in [2.24, 2.45) is 0 Å². The Balaban J connectivity index is 0.00000592. The number of benzene rings is 2. The number of nitrogens with zero attached hydrogens (tertiary/aromatic N) is 9. The lowest BCUT2D eigenvalue weighted by Gasteiger charge is -2.40. The van der Waals surface area contributed by atoms with Crippen LogP contribution in [-0.4, -0.2) is 124 Å². The van der Waals surface area contributed by atoms with E-state index in [1.54, 1.807) is 45.1 Å². The smallest absolute Gasteiger partial charge is 0.338 e. The van der Waals surface area contributed by atoms with E-state index in [1.165, 1.54) is 12.1 Å². The molecule has 0 saturated carbocycles. The van der Waals surface area contributed by atoms with Crippen LogP contribution in [0, 0.1) is 13.8 Å². The number of allylic oxidation sites excluding steroid dienone is 2. The lowest BCUT2D eigenvalue weighted by atomic mass is 10.1. The van der Waals surface area contributed by atoms with E-state index in [-0.39, 0.29) is 87.3 Å². The van der Waals surface area contributed by atoms with Crippen molar-refractivity contribution >= 4 is 71.2 Å². The number of fused-ring (bicyclic) bond motifs is 2. The average Bonchev–Trinajstić information content (AvgIpc) is 4.09. The Labute approximate surface area is 386 Å². The van der Waals surface area contributed by atoms with Crippen molar-refractivity contribution in [1.82, 2.24) is 43.6 Å². The van der Waals surface area contributed by atoms with Crippen molar-refractivity contribution < 1.29 is 43.2 Å². The summed E-state index contributed by atoms with van der Waals surface area (Å²) >= 11 is 0. The molecule has 3 N–H and O–H groups in total. The number of nitrogens with one attached hydrogen (secondary N) is 2. The minimum atomic E-state index is -1.17. The summed E-state index contributed by atoms with van der Waals surface area (Å²) in [6.07, 6.45) is 5.55. The van der Waals surface area contributed by atoms with Gasteiger partial charge in [-0.25, -0.2) is 19.6 Å². The number of carboxylic acids is 1. The molecule has 66 heavy (non-hydrogen) atoms. The van der Waals surface area contributed by atoms with Crippen LogP contribution >= 0.6 is 13.5 Å². The Morgan fingerprint density at radius 3 is 1.65 bits per heavy atom. The van der Waals surface area contributed by atoms with E-state index < -0.39 is 29.8 Å². The van der Waals surface area contributed by atoms with Gasteiger partial charge in [-0.05, 0) is 83.9 Å². The molecule has 3 atom stereocenters. The molecule has 0 radical (unpaired) electrons. The van der Waals surface area contributed by atoms with Crippen LogP contribution < -0.4 is 20.1 Å². The first-order valence-corrected chi connectivity index (χ1v) is 21.9. The van der Waals surface area contributed by atoms with Crippen LogP contribution in [0.25, 0.3) is 22.1 Å². The fourth-order valence-electron chi connectivity index (χ4n) is 9.16. The van der Waals surface area contributed by atoms with E-state index in [0.717, 1.165) is 12.8 Å². The Bertz CT molecular complexity index is 2860. The highest BCUT2D eigenvalue weighted by atomic mass is 32.1. The number of aromatic carboxylic acids is 1. The highest BCUT2D eigenvalue weighted by Gasteiger charge is 2.42. The maximum absolute atomic E-state index is 14.0. The van der Waals surface area contributed by atoms with Crippen molar-refractivity contribution in [1.29, 1.82) is 0 Å². The lowest BCUT2D eigenvalue weighted by Crippen LogP contribution is -2.55. The fraction of sp³-hybridized carbons (Fsp3) is 0.422. The SMILES string of the molecule is CCOC(=O)c1cc2c3c(c1)nc(NC(=O)c1cc(C)nn1CC)n3C/C=C/Cn1c(NC(=O)c3cc(C)nn3CC)nc3cc(C(=O)O)cc(c31)OC[C@H](N1C3CCC1COC3)CO2.S. The molecule has 4 aromatic heterocycles. The number of carbonyl (C=O) groups excluding carboxylic acids is 3. The van der Waals surface area contributed by atoms with Gasteiger partial charge in [-0.1, -0.05) is 12.2 Å². The molecule has 6 aromatic rings. The second kappa shape index (κ2) is 19.0. The number of carboxylic acid groups (broad SMARTS) is 1. The van der Waals surface area contributed by atoms with Gasteiger partial charge in [0.05, 0.1) is 59.4 Å². The van der Waals surface area contributed by atoms with Crippen molar-refractivity contribution in [3.63, 3.8) is 0 Å². The number of aryl methyl sites for hydroxylation is 4. The fourth-order valence-corrected chi connectivity index (χ4v) is 9.16. The molecule has 2 fully saturated rings. The quantitative estimate of drug-likeness (QED) is 0.119. The van der Waals surface area contributed by atoms with E-state index in [1.807, 2.05) is 44.4 Å². The number of amides is 2. The van der Waals surface area contributed by atoms with Crippen LogP contribution in [0.15, 0.2) is 48.6 Å². The van der Waals surface area contributed by atoms with Crippen molar-refractivity contribution in [2.45, 2.75) is 91.8 Å². The van der Waals surface area contributed by atoms with Gasteiger partial charge in [0.15, 0.2) is 0 Å². The molecule has 0 aliphatic carbocycles. The van der Waals surface area contributed by atoms with Gasteiger partial charge in [-0.2, -0.15) is 23.7 Å². The molecule has 2 amide bonds. The van der Waals surface area contributed by atoms with E-state index in [9.17, 15) is 24.3 Å². The van der Waals surface area contributed by atoms with Crippen LogP contribution in [0.2, 0.25) is 0 Å². The number of aromatic nitrogens is 8. The zero-order valence-electron chi connectivity index (χ0n) is 37.4. The van der Waals surface area contributed by atoms with Crippen LogP contribution in [0.3, 0.4) is 0 Å². The van der Waals surface area contributed by atoms with Gasteiger partial charge in [-0.3, -0.25) is 34.5 Å². The van der Waals surface area contributed by atoms with Gasteiger partial charge in [0.2, 0.25) is 11.9 Å². The normalized spacial score (nSPS) is 19.0. The number of rotatable bonds is 10. The molecule has 2 unspecified atom stereocenters. The first kappa shape index (κ1) is 45.8. The van der Waals surface area contributed by atoms with Crippen molar-refractivity contribution in [3.05, 3.63) is 82.5 Å². The number of morpholine rings is 1. The standard InChI is InChI=1S/C45H51N11O9.H2S/c1-6-54-34(15-25(4)50-54)40(57)48-44-46-32-17-27(42(59)60)19-36-38(32)52(44)13-9-10-14-53-39-33(47-45(53)49-41(58)35-16-26(5)51-55(35)7-2)18-28(43(61)63-8-3)20-37(39)65-24-31(23-64-36)56-29-11-12-30(56)22-62-21-29;/h9-10,15-20,29-31H,6-8,11-14,21-24H2,1-5H3,(H,59,60)(H,46,48,57)(H,47,49,58);1H2/b10-9+;/t29?,30?,31-;/m0./s1. The third kappa shape index (κ3) is 8.72. The van der Waals surface area contributed by atoms with Gasteiger partial charge >= 0.3 is 11.9 Å². The van der Waals surface area contributed by atoms with E-state index in [2.05, 4.69) is 25.7 Å². The summed E-state index contributed by atoms with van der Waals surface area (Å²) in [6, 6.07) is 9.34. The van der Waals surface area contributed by atoms with Crippen LogP contribution in [0.5, 0.6) is 11.5 Å². The molecule has 9 rings (SSSR count). The second-order valence-corrected chi connectivity index (χ2v) is 16.3. The highest BCUT2D eigenvalue weighted by Crippen LogP contribution is 2.36. The molecule has 2 saturated heterocycles. The molecule has 20 nitrogen and oxygen atoms in total. The monoisotopic (exact) mass is 923 g/mol. The third-order valence-corrected chi connectivity index (χ3v) is 12.0. The van der Waals surface area contributed by atoms with Crippen LogP contribution in [0.4, 0.5) is 11.9 Å². The zero-order valence-corrected chi connectivity index (χ0v) is 38.4. The molecule has 3 aliphatic rings. The zero-order chi connectivity index (χ0) is 45.5. The summed E-state index contributed by atoms with van der Waals surface area (Å²) in [5.74, 6) is -1.65. The molecule has 21 heteroatoms. The molecular formula is C45H53N11O9S. The first-order valence-electron chi connectivity index (χ1n) is 21.9. The lowest BCUT2D eigenvalue weighted by molar-refractivity contribution is -0.0534. The topological polar surface area (TPSA) is 224 Å². The van der Waals surface area contributed by atoms with Gasteiger partial charge in [-0.15, -0.1) is 0 Å². The number of esters is 1. The summed E-state index contributed by atoms with van der Waals surface area (Å²) in [6.45, 7) is 11.7. The highest BCUT2D eigenvalue weighted by molar-refractivity contribution is 7.59. The number of ether oxygens (including phenoxy) is 4. The minimum Gasteiger partial charge on any atom is -0.490 e. The predicted molar refractivity (Wildman–Crippen MR) is 247 cm³/mol. The largest absolute Gasteiger partial charge is 0.490 e. The molecular weight excluding hydrogens is 871 g/mol. The number of hydrogen-bond acceptors (Lipinski definition) is 13. The van der Waals surface area contributed by atoms with Crippen molar-refractivity contribution in [2.75, 3.05) is 43.7 Å². The summed E-state index contributed by atoms with van der Waals surface area (Å²) in [4.78, 5) is 65.8. The van der Waals surface area contributed by atoms with Crippen LogP contribution in [-0.2, 0) is 35.7 Å². The Morgan fingerprint density at radius 1 is 0.697 bits per heavy atom. The molecule has 2 bridgehead atoms. The van der Waals surface area contributed by atoms with Gasteiger partial charge < -0.3 is 33.2 Å². The number of anilines is 2. The second-order valence-electron chi connectivity index (χ2n) is 16.3. The third-order valence-electron chi connectivity index (χ3n) is 12.0. The van der Waals surface area contributed by atoms with E-state index >= 15 is 0 Å². The predicted octanol–water partition coefficient (Wildman–Crippen LogP) is 5.19. The summed E-state index contributed by atoms with van der Waals surface area (Å²) in [5, 5.41) is 25.1. The van der Waals surface area contributed by atoms with E-state index in [0.29, 0.717) is 76.9 Å². The molecule has 0 spiro atoms. The molecule has 3 aliphatic heterocycles. The Hall–Kier alpha value is -6.71. The maximum atomic E-state index is 14.0. The maximum Gasteiger partial charge on any atom is 0.338 e. The Morgan fingerprint density at radius 2 is 1.18 bits per heavy atom. The Kier molecular flexibility index (Phi) is 13.2.